The predicted molar refractivity (Wildman–Crippen MR) is 114 cm³/mol. The van der Waals surface area contributed by atoms with Crippen molar-refractivity contribution < 1.29 is 13.2 Å². The average Bonchev–Trinajstić information content (AvgIpc) is 2.70. The summed E-state index contributed by atoms with van der Waals surface area (Å²) in [5.74, 6) is 0.359. The molecule has 2 aromatic rings. The SMILES string of the molecule is CCCC[C@H](CC)CNC(=O)c1ccc(NS(=O)(=O)c2ccccc2)c(C)c1. The number of anilines is 1. The van der Waals surface area contributed by atoms with Crippen LogP contribution in [0.15, 0.2) is 53.4 Å². The quantitative estimate of drug-likeness (QED) is 0.603. The third-order valence-electron chi connectivity index (χ3n) is 4.88. The number of benzene rings is 2. The molecular formula is C22H30N2O3S. The van der Waals surface area contributed by atoms with E-state index in [1.54, 1.807) is 55.5 Å². The van der Waals surface area contributed by atoms with Crippen LogP contribution in [0.5, 0.6) is 0 Å². The van der Waals surface area contributed by atoms with Gasteiger partial charge < -0.3 is 5.32 Å². The maximum absolute atomic E-state index is 12.5. The predicted octanol–water partition coefficient (Wildman–Crippen LogP) is 4.74. The van der Waals surface area contributed by atoms with Crippen molar-refractivity contribution in [1.82, 2.24) is 5.32 Å². The lowest BCUT2D eigenvalue weighted by molar-refractivity contribution is 0.0945. The lowest BCUT2D eigenvalue weighted by Crippen LogP contribution is -2.29. The molecule has 0 unspecified atom stereocenters. The number of carbonyl (C=O) groups excluding carboxylic acids is 1. The van der Waals surface area contributed by atoms with Crippen molar-refractivity contribution >= 4 is 21.6 Å². The fourth-order valence-corrected chi connectivity index (χ4v) is 4.16. The molecule has 0 spiro atoms. The summed E-state index contributed by atoms with van der Waals surface area (Å²) in [4.78, 5) is 12.7. The third-order valence-corrected chi connectivity index (χ3v) is 6.26. The number of amides is 1. The van der Waals surface area contributed by atoms with Crippen molar-refractivity contribution in [3.05, 3.63) is 59.7 Å². The second-order valence-corrected chi connectivity index (χ2v) is 8.76. The zero-order valence-electron chi connectivity index (χ0n) is 16.9. The highest BCUT2D eigenvalue weighted by atomic mass is 32.2. The Morgan fingerprint density at radius 1 is 1.07 bits per heavy atom. The van der Waals surface area contributed by atoms with Gasteiger partial charge in [-0.1, -0.05) is 51.3 Å². The second kappa shape index (κ2) is 10.3. The molecule has 6 heteroatoms. The van der Waals surface area contributed by atoms with E-state index in [1.807, 2.05) is 0 Å². The van der Waals surface area contributed by atoms with Gasteiger partial charge in [0, 0.05) is 12.1 Å². The van der Waals surface area contributed by atoms with E-state index in [0.29, 0.717) is 29.3 Å². The summed E-state index contributed by atoms with van der Waals surface area (Å²) in [6.45, 7) is 6.76. The van der Waals surface area contributed by atoms with E-state index in [2.05, 4.69) is 23.9 Å². The molecule has 5 nitrogen and oxygen atoms in total. The van der Waals surface area contributed by atoms with Crippen molar-refractivity contribution in [2.45, 2.75) is 51.3 Å². The van der Waals surface area contributed by atoms with E-state index in [0.717, 1.165) is 19.3 Å². The summed E-state index contributed by atoms with van der Waals surface area (Å²) < 4.78 is 27.6. The molecule has 152 valence electrons. The van der Waals surface area contributed by atoms with Gasteiger partial charge in [0.2, 0.25) is 0 Å². The van der Waals surface area contributed by atoms with Crippen molar-refractivity contribution in [3.8, 4) is 0 Å². The highest BCUT2D eigenvalue weighted by molar-refractivity contribution is 7.92. The molecule has 0 bridgehead atoms. The molecule has 0 fully saturated rings. The van der Waals surface area contributed by atoms with Crippen LogP contribution in [0.25, 0.3) is 0 Å². The molecule has 0 aliphatic heterocycles. The zero-order chi connectivity index (χ0) is 20.6. The van der Waals surface area contributed by atoms with Crippen molar-refractivity contribution in [3.63, 3.8) is 0 Å². The molecule has 2 aromatic carbocycles. The van der Waals surface area contributed by atoms with E-state index in [4.69, 9.17) is 0 Å². The van der Waals surface area contributed by atoms with Crippen LogP contribution in [-0.4, -0.2) is 20.9 Å². The first kappa shape index (κ1) is 22.0. The maximum Gasteiger partial charge on any atom is 0.261 e. The lowest BCUT2D eigenvalue weighted by Gasteiger charge is -2.16. The Morgan fingerprint density at radius 2 is 1.79 bits per heavy atom. The Labute approximate surface area is 168 Å². The minimum Gasteiger partial charge on any atom is -0.352 e. The standard InChI is InChI=1S/C22H30N2O3S/c1-4-6-10-18(5-2)16-23-22(25)19-13-14-21(17(3)15-19)24-28(26,27)20-11-8-7-9-12-20/h7-9,11-15,18,24H,4-6,10,16H2,1-3H3,(H,23,25)/t18-/m0/s1. The molecule has 1 amide bonds. The van der Waals surface area contributed by atoms with Crippen molar-refractivity contribution in [1.29, 1.82) is 0 Å². The van der Waals surface area contributed by atoms with E-state index >= 15 is 0 Å². The van der Waals surface area contributed by atoms with Gasteiger partial charge in [0.25, 0.3) is 15.9 Å². The molecule has 0 aromatic heterocycles. The van der Waals surface area contributed by atoms with Crippen LogP contribution in [-0.2, 0) is 10.0 Å². The van der Waals surface area contributed by atoms with Crippen LogP contribution in [0.2, 0.25) is 0 Å². The highest BCUT2D eigenvalue weighted by Crippen LogP contribution is 2.21. The molecule has 0 radical (unpaired) electrons. The number of hydrogen-bond acceptors (Lipinski definition) is 3. The van der Waals surface area contributed by atoms with E-state index in [1.165, 1.54) is 6.42 Å². The maximum atomic E-state index is 12.5. The first-order chi connectivity index (χ1) is 13.4. The normalized spacial score (nSPS) is 12.4. The minimum atomic E-state index is -3.65. The minimum absolute atomic E-state index is 0.129. The molecule has 1 atom stereocenters. The summed E-state index contributed by atoms with van der Waals surface area (Å²) in [5, 5.41) is 3.00. The first-order valence-electron chi connectivity index (χ1n) is 9.84. The lowest BCUT2D eigenvalue weighted by atomic mass is 9.99. The molecule has 0 aliphatic carbocycles. The number of sulfonamides is 1. The van der Waals surface area contributed by atoms with E-state index < -0.39 is 10.0 Å². The van der Waals surface area contributed by atoms with Crippen LogP contribution in [0.4, 0.5) is 5.69 Å². The fourth-order valence-electron chi connectivity index (χ4n) is 3.01. The topological polar surface area (TPSA) is 75.3 Å². The number of nitrogens with one attached hydrogen (secondary N) is 2. The number of unbranched alkanes of at least 4 members (excludes halogenated alkanes) is 1. The summed E-state index contributed by atoms with van der Waals surface area (Å²) in [7, 11) is -3.65. The van der Waals surface area contributed by atoms with Gasteiger partial charge in [-0.3, -0.25) is 9.52 Å². The van der Waals surface area contributed by atoms with Crippen LogP contribution >= 0.6 is 0 Å². The van der Waals surface area contributed by atoms with E-state index in [9.17, 15) is 13.2 Å². The van der Waals surface area contributed by atoms with Gasteiger partial charge in [0.15, 0.2) is 0 Å². The molecule has 28 heavy (non-hydrogen) atoms. The van der Waals surface area contributed by atoms with Crippen molar-refractivity contribution in [2.24, 2.45) is 5.92 Å². The summed E-state index contributed by atoms with van der Waals surface area (Å²) in [5.41, 5.74) is 1.70. The number of carbonyl (C=O) groups is 1. The van der Waals surface area contributed by atoms with Gasteiger partial charge in [-0.2, -0.15) is 0 Å². The smallest absolute Gasteiger partial charge is 0.261 e. The Bertz CT molecular complexity index is 880. The van der Waals surface area contributed by atoms with E-state index in [-0.39, 0.29) is 10.8 Å². The number of rotatable bonds is 10. The molecule has 0 saturated carbocycles. The fraction of sp³-hybridized carbons (Fsp3) is 0.409. The van der Waals surface area contributed by atoms with Gasteiger partial charge in [-0.15, -0.1) is 0 Å². The monoisotopic (exact) mass is 402 g/mol. The average molecular weight is 403 g/mol. The molecule has 0 saturated heterocycles. The second-order valence-electron chi connectivity index (χ2n) is 7.07. The van der Waals surface area contributed by atoms with Crippen LogP contribution < -0.4 is 10.0 Å². The summed E-state index contributed by atoms with van der Waals surface area (Å²) in [6, 6.07) is 13.2. The first-order valence-corrected chi connectivity index (χ1v) is 11.3. The van der Waals surface area contributed by atoms with Gasteiger partial charge in [0.05, 0.1) is 10.6 Å². The Kier molecular flexibility index (Phi) is 8.05. The highest BCUT2D eigenvalue weighted by Gasteiger charge is 2.16. The Morgan fingerprint density at radius 3 is 2.39 bits per heavy atom. The molecule has 0 heterocycles. The number of aryl methyl sites for hydroxylation is 1. The largest absolute Gasteiger partial charge is 0.352 e. The van der Waals surface area contributed by atoms with Gasteiger partial charge >= 0.3 is 0 Å². The molecule has 2 rings (SSSR count). The third kappa shape index (κ3) is 6.09. The molecular weight excluding hydrogens is 372 g/mol. The zero-order valence-corrected chi connectivity index (χ0v) is 17.7. The van der Waals surface area contributed by atoms with Crippen LogP contribution in [0.1, 0.15) is 55.5 Å². The van der Waals surface area contributed by atoms with Crippen LogP contribution in [0, 0.1) is 12.8 Å². The Balaban J connectivity index is 2.04. The number of hydrogen-bond donors (Lipinski definition) is 2. The molecule has 2 N–H and O–H groups in total. The van der Waals surface area contributed by atoms with Crippen LogP contribution in [0.3, 0.4) is 0 Å². The van der Waals surface area contributed by atoms with Gasteiger partial charge in [-0.05, 0) is 55.2 Å². The Hall–Kier alpha value is -2.34. The van der Waals surface area contributed by atoms with Crippen molar-refractivity contribution in [2.75, 3.05) is 11.3 Å². The van der Waals surface area contributed by atoms with Gasteiger partial charge in [-0.25, -0.2) is 8.42 Å². The summed E-state index contributed by atoms with van der Waals surface area (Å²) >= 11 is 0. The molecule has 0 aliphatic rings. The summed E-state index contributed by atoms with van der Waals surface area (Å²) in [6.07, 6.45) is 4.49. The van der Waals surface area contributed by atoms with Gasteiger partial charge in [0.1, 0.15) is 0 Å².